The van der Waals surface area contributed by atoms with Gasteiger partial charge in [0.1, 0.15) is 11.6 Å². The molecule has 2 amide bonds. The van der Waals surface area contributed by atoms with Crippen molar-refractivity contribution >= 4 is 23.2 Å². The summed E-state index contributed by atoms with van der Waals surface area (Å²) in [6, 6.07) is 14.2. The second-order valence-corrected chi connectivity index (χ2v) is 6.57. The average Bonchev–Trinajstić information content (AvgIpc) is 3.18. The molecule has 0 saturated heterocycles. The number of nitrogens with one attached hydrogen (secondary N) is 2. The highest BCUT2D eigenvalue weighted by molar-refractivity contribution is 6.05. The molecule has 2 N–H and O–H groups in total. The summed E-state index contributed by atoms with van der Waals surface area (Å²) in [5.74, 6) is -1.05. The summed E-state index contributed by atoms with van der Waals surface area (Å²) in [5.41, 5.74) is 0.987. The second-order valence-electron chi connectivity index (χ2n) is 6.57. The Hall–Kier alpha value is -3.94. The zero-order chi connectivity index (χ0) is 21.1. The quantitative estimate of drug-likeness (QED) is 0.663. The molecule has 0 atom stereocenters. The van der Waals surface area contributed by atoms with E-state index in [4.69, 9.17) is 9.47 Å². The third kappa shape index (κ3) is 4.38. The van der Waals surface area contributed by atoms with Gasteiger partial charge in [0.05, 0.1) is 12.1 Å². The minimum absolute atomic E-state index is 0.0943. The number of hydrogen-bond donors (Lipinski definition) is 2. The van der Waals surface area contributed by atoms with Crippen molar-refractivity contribution in [3.63, 3.8) is 0 Å². The van der Waals surface area contributed by atoms with Crippen molar-refractivity contribution in [2.75, 3.05) is 17.4 Å². The van der Waals surface area contributed by atoms with Gasteiger partial charge in [-0.05, 0) is 54.1 Å². The molecule has 152 valence electrons. The maximum absolute atomic E-state index is 14.1. The van der Waals surface area contributed by atoms with Gasteiger partial charge in [0.15, 0.2) is 11.5 Å². The monoisotopic (exact) mass is 410 g/mol. The Morgan fingerprint density at radius 3 is 2.57 bits per heavy atom. The second kappa shape index (κ2) is 8.20. The van der Waals surface area contributed by atoms with Gasteiger partial charge >= 0.3 is 0 Å². The molecule has 0 spiro atoms. The van der Waals surface area contributed by atoms with Gasteiger partial charge in [0, 0.05) is 11.3 Å². The fraction of sp³-hybridized carbons (Fsp3) is 0.0909. The molecule has 8 heteroatoms. The normalized spacial score (nSPS) is 11.8. The van der Waals surface area contributed by atoms with E-state index in [-0.39, 0.29) is 18.9 Å². The summed E-state index contributed by atoms with van der Waals surface area (Å²) in [6.45, 7) is 0.0943. The van der Waals surface area contributed by atoms with Crippen LogP contribution in [0.3, 0.4) is 0 Å². The van der Waals surface area contributed by atoms with E-state index in [0.717, 1.165) is 6.07 Å². The number of ether oxygens (including phenoxy) is 2. The molecule has 0 bridgehead atoms. The topological polar surface area (TPSA) is 76.7 Å². The summed E-state index contributed by atoms with van der Waals surface area (Å²) in [6.07, 6.45) is -0.120. The first-order valence-corrected chi connectivity index (χ1v) is 9.03. The molecule has 0 aliphatic carbocycles. The number of carbonyl (C=O) groups excluding carboxylic acids is 2. The number of carbonyl (C=O) groups is 2. The number of fused-ring (bicyclic) bond motifs is 1. The molecule has 1 heterocycles. The third-order valence-electron chi connectivity index (χ3n) is 4.39. The summed E-state index contributed by atoms with van der Waals surface area (Å²) in [5, 5.41) is 5.09. The predicted octanol–water partition coefficient (Wildman–Crippen LogP) is 4.13. The smallest absolute Gasteiger partial charge is 0.255 e. The fourth-order valence-corrected chi connectivity index (χ4v) is 2.97. The van der Waals surface area contributed by atoms with Crippen LogP contribution in [0.5, 0.6) is 11.5 Å². The van der Waals surface area contributed by atoms with Gasteiger partial charge in [-0.1, -0.05) is 12.1 Å². The number of amides is 2. The third-order valence-corrected chi connectivity index (χ3v) is 4.39. The van der Waals surface area contributed by atoms with Crippen molar-refractivity contribution in [1.29, 1.82) is 0 Å². The lowest BCUT2D eigenvalue weighted by Crippen LogP contribution is -2.16. The first-order chi connectivity index (χ1) is 14.5. The Bertz CT molecular complexity index is 1130. The van der Waals surface area contributed by atoms with Crippen molar-refractivity contribution in [3.8, 4) is 11.5 Å². The van der Waals surface area contributed by atoms with Gasteiger partial charge < -0.3 is 20.1 Å². The van der Waals surface area contributed by atoms with E-state index in [1.165, 1.54) is 30.3 Å². The standard InChI is InChI=1S/C22H16F2N2O4/c23-15-3-1-2-13(8-15)9-21(27)26-18-11-16(5-6-17(18)24)25-22(28)14-4-7-19-20(10-14)30-12-29-19/h1-8,10-11H,9,12H2,(H,25,28)(H,26,27). The molecule has 1 aliphatic rings. The Morgan fingerprint density at radius 1 is 0.900 bits per heavy atom. The maximum atomic E-state index is 14.1. The van der Waals surface area contributed by atoms with Gasteiger partial charge in [0.2, 0.25) is 12.7 Å². The number of rotatable bonds is 5. The van der Waals surface area contributed by atoms with Crippen LogP contribution in [0.1, 0.15) is 15.9 Å². The molecule has 30 heavy (non-hydrogen) atoms. The van der Waals surface area contributed by atoms with Gasteiger partial charge in [-0.2, -0.15) is 0 Å². The Kier molecular flexibility index (Phi) is 5.30. The molecule has 4 rings (SSSR count). The van der Waals surface area contributed by atoms with Crippen LogP contribution in [0.15, 0.2) is 60.7 Å². The lowest BCUT2D eigenvalue weighted by atomic mass is 10.1. The predicted molar refractivity (Wildman–Crippen MR) is 106 cm³/mol. The maximum Gasteiger partial charge on any atom is 0.255 e. The molecule has 0 fully saturated rings. The van der Waals surface area contributed by atoms with Crippen LogP contribution < -0.4 is 20.1 Å². The van der Waals surface area contributed by atoms with Crippen LogP contribution in [0.2, 0.25) is 0 Å². The van der Waals surface area contributed by atoms with Gasteiger partial charge in [-0.3, -0.25) is 9.59 Å². The highest BCUT2D eigenvalue weighted by Gasteiger charge is 2.17. The van der Waals surface area contributed by atoms with Crippen molar-refractivity contribution < 1.29 is 27.8 Å². The van der Waals surface area contributed by atoms with E-state index < -0.39 is 23.4 Å². The number of anilines is 2. The molecule has 0 saturated carbocycles. The highest BCUT2D eigenvalue weighted by Crippen LogP contribution is 2.32. The minimum Gasteiger partial charge on any atom is -0.454 e. The first kappa shape index (κ1) is 19.4. The van der Waals surface area contributed by atoms with Crippen LogP contribution >= 0.6 is 0 Å². The molecule has 0 radical (unpaired) electrons. The summed E-state index contributed by atoms with van der Waals surface area (Å²) < 4.78 is 37.8. The van der Waals surface area contributed by atoms with E-state index in [9.17, 15) is 18.4 Å². The fourth-order valence-electron chi connectivity index (χ4n) is 2.97. The number of hydrogen-bond acceptors (Lipinski definition) is 4. The van der Waals surface area contributed by atoms with Crippen LogP contribution in [-0.4, -0.2) is 18.6 Å². The van der Waals surface area contributed by atoms with Gasteiger partial charge in [-0.25, -0.2) is 8.78 Å². The average molecular weight is 410 g/mol. The SMILES string of the molecule is O=C(Cc1cccc(F)c1)Nc1cc(NC(=O)c2ccc3c(c2)OCO3)ccc1F. The van der Waals surface area contributed by atoms with Crippen LogP contribution in [-0.2, 0) is 11.2 Å². The summed E-state index contributed by atoms with van der Waals surface area (Å²) in [4.78, 5) is 24.7. The molecule has 0 aromatic heterocycles. The van der Waals surface area contributed by atoms with E-state index in [1.54, 1.807) is 24.3 Å². The number of benzene rings is 3. The van der Waals surface area contributed by atoms with Gasteiger partial charge in [-0.15, -0.1) is 0 Å². The molecular weight excluding hydrogens is 394 g/mol. The number of halogens is 2. The van der Waals surface area contributed by atoms with E-state index in [2.05, 4.69) is 10.6 Å². The van der Waals surface area contributed by atoms with Crippen LogP contribution in [0.25, 0.3) is 0 Å². The largest absolute Gasteiger partial charge is 0.454 e. The molecule has 3 aromatic carbocycles. The summed E-state index contributed by atoms with van der Waals surface area (Å²) in [7, 11) is 0. The lowest BCUT2D eigenvalue weighted by Gasteiger charge is -2.10. The van der Waals surface area contributed by atoms with E-state index in [0.29, 0.717) is 28.3 Å². The first-order valence-electron chi connectivity index (χ1n) is 9.03. The molecule has 6 nitrogen and oxygen atoms in total. The van der Waals surface area contributed by atoms with Crippen LogP contribution in [0.4, 0.5) is 20.2 Å². The Balaban J connectivity index is 1.45. The molecular formula is C22H16F2N2O4. The van der Waals surface area contributed by atoms with Crippen molar-refractivity contribution in [3.05, 3.63) is 83.4 Å². The van der Waals surface area contributed by atoms with Crippen molar-refractivity contribution in [2.45, 2.75) is 6.42 Å². The highest BCUT2D eigenvalue weighted by atomic mass is 19.1. The minimum atomic E-state index is -0.663. The Morgan fingerprint density at radius 2 is 1.73 bits per heavy atom. The van der Waals surface area contributed by atoms with E-state index >= 15 is 0 Å². The lowest BCUT2D eigenvalue weighted by molar-refractivity contribution is -0.115. The zero-order valence-corrected chi connectivity index (χ0v) is 15.6. The van der Waals surface area contributed by atoms with Crippen molar-refractivity contribution in [2.24, 2.45) is 0 Å². The van der Waals surface area contributed by atoms with Crippen LogP contribution in [0, 0.1) is 11.6 Å². The van der Waals surface area contributed by atoms with E-state index in [1.807, 2.05) is 0 Å². The molecule has 3 aromatic rings. The molecule has 0 unspecified atom stereocenters. The summed E-state index contributed by atoms with van der Waals surface area (Å²) >= 11 is 0. The zero-order valence-electron chi connectivity index (χ0n) is 15.6. The van der Waals surface area contributed by atoms with Crippen molar-refractivity contribution in [1.82, 2.24) is 0 Å². The Labute approximate surface area is 170 Å². The molecule has 1 aliphatic heterocycles. The van der Waals surface area contributed by atoms with Gasteiger partial charge in [0.25, 0.3) is 5.91 Å².